The van der Waals surface area contributed by atoms with Crippen LogP contribution in [0.4, 0.5) is 10.5 Å². The monoisotopic (exact) mass is 599 g/mol. The van der Waals surface area contributed by atoms with Crippen LogP contribution in [-0.2, 0) is 11.4 Å². The highest BCUT2D eigenvalue weighted by Crippen LogP contribution is 2.36. The highest BCUT2D eigenvalue weighted by Gasteiger charge is 2.34. The van der Waals surface area contributed by atoms with Gasteiger partial charge in [-0.25, -0.2) is 9.69 Å². The standard InChI is InChI=1S/C26H19ClIN3O4/c1-2-34-23-13-16(11-21(28)24(23)35-15-18-6-4-3-5-17(18)14-29)12-22-25(32)31(26(33)30-22)20-9-7-19(27)8-10-20/h3-13H,2,15H2,1H3,(H,30,33)/b22-12+. The van der Waals surface area contributed by atoms with Gasteiger partial charge < -0.3 is 14.8 Å². The van der Waals surface area contributed by atoms with Crippen LogP contribution in [0.3, 0.4) is 0 Å². The second kappa shape index (κ2) is 10.8. The van der Waals surface area contributed by atoms with Crippen LogP contribution in [0.2, 0.25) is 5.02 Å². The van der Waals surface area contributed by atoms with Crippen LogP contribution >= 0.6 is 34.2 Å². The summed E-state index contributed by atoms with van der Waals surface area (Å²) < 4.78 is 12.6. The average molecular weight is 600 g/mol. The summed E-state index contributed by atoms with van der Waals surface area (Å²) in [6, 6.07) is 18.9. The summed E-state index contributed by atoms with van der Waals surface area (Å²) in [4.78, 5) is 26.5. The van der Waals surface area contributed by atoms with Gasteiger partial charge in [0.2, 0.25) is 0 Å². The zero-order valence-electron chi connectivity index (χ0n) is 18.5. The SMILES string of the molecule is CCOc1cc(/C=C2/NC(=O)N(c3ccc(Cl)cc3)C2=O)cc(I)c1OCc1ccccc1C#N. The molecule has 3 aromatic rings. The maximum Gasteiger partial charge on any atom is 0.333 e. The Morgan fingerprint density at radius 2 is 1.86 bits per heavy atom. The molecule has 0 aromatic heterocycles. The van der Waals surface area contributed by atoms with Crippen LogP contribution in [0.5, 0.6) is 11.5 Å². The predicted molar refractivity (Wildman–Crippen MR) is 141 cm³/mol. The molecule has 0 spiro atoms. The third kappa shape index (κ3) is 5.42. The number of urea groups is 1. The van der Waals surface area contributed by atoms with Crippen LogP contribution in [0.25, 0.3) is 6.08 Å². The first kappa shape index (κ1) is 24.6. The molecule has 9 heteroatoms. The van der Waals surface area contributed by atoms with Gasteiger partial charge in [-0.05, 0) is 83.6 Å². The molecule has 1 saturated heterocycles. The van der Waals surface area contributed by atoms with Crippen molar-refractivity contribution in [1.29, 1.82) is 5.26 Å². The highest BCUT2D eigenvalue weighted by atomic mass is 127. The van der Waals surface area contributed by atoms with Crippen LogP contribution in [0, 0.1) is 14.9 Å². The van der Waals surface area contributed by atoms with Gasteiger partial charge in [-0.2, -0.15) is 5.26 Å². The molecule has 1 N–H and O–H groups in total. The van der Waals surface area contributed by atoms with E-state index >= 15 is 0 Å². The number of nitrogens with one attached hydrogen (secondary N) is 1. The number of nitrogens with zero attached hydrogens (tertiary/aromatic N) is 2. The average Bonchev–Trinajstić information content (AvgIpc) is 3.12. The molecule has 0 bridgehead atoms. The molecule has 35 heavy (non-hydrogen) atoms. The van der Waals surface area contributed by atoms with Crippen molar-refractivity contribution in [1.82, 2.24) is 5.32 Å². The summed E-state index contributed by atoms with van der Waals surface area (Å²) in [5, 5.41) is 12.4. The van der Waals surface area contributed by atoms with Gasteiger partial charge in [-0.15, -0.1) is 0 Å². The van der Waals surface area contributed by atoms with Crippen molar-refractivity contribution < 1.29 is 19.1 Å². The number of imide groups is 1. The molecule has 7 nitrogen and oxygen atoms in total. The van der Waals surface area contributed by atoms with E-state index in [2.05, 4.69) is 34.0 Å². The molecule has 1 aliphatic rings. The van der Waals surface area contributed by atoms with E-state index in [1.54, 1.807) is 48.5 Å². The minimum atomic E-state index is -0.542. The first-order valence-corrected chi connectivity index (χ1v) is 12.1. The number of hydrogen-bond donors (Lipinski definition) is 1. The molecule has 1 heterocycles. The largest absolute Gasteiger partial charge is 0.490 e. The van der Waals surface area contributed by atoms with Crippen LogP contribution < -0.4 is 19.7 Å². The summed E-state index contributed by atoms with van der Waals surface area (Å²) in [6.45, 7) is 2.46. The molecular formula is C26H19ClIN3O4. The van der Waals surface area contributed by atoms with E-state index in [1.165, 1.54) is 0 Å². The lowest BCUT2D eigenvalue weighted by Gasteiger charge is -2.15. The summed E-state index contributed by atoms with van der Waals surface area (Å²) >= 11 is 8.05. The third-order valence-electron chi connectivity index (χ3n) is 5.12. The highest BCUT2D eigenvalue weighted by molar-refractivity contribution is 14.1. The van der Waals surface area contributed by atoms with Crippen molar-refractivity contribution in [2.45, 2.75) is 13.5 Å². The minimum absolute atomic E-state index is 0.139. The van der Waals surface area contributed by atoms with Crippen molar-refractivity contribution in [3.05, 3.63) is 91.6 Å². The molecule has 0 aliphatic carbocycles. The number of halogens is 2. The maximum absolute atomic E-state index is 12.9. The Morgan fingerprint density at radius 1 is 1.11 bits per heavy atom. The Hall–Kier alpha value is -3.55. The van der Waals surface area contributed by atoms with Gasteiger partial charge in [0.15, 0.2) is 11.5 Å². The molecular weight excluding hydrogens is 581 g/mol. The molecule has 0 radical (unpaired) electrons. The van der Waals surface area contributed by atoms with E-state index < -0.39 is 11.9 Å². The van der Waals surface area contributed by atoms with E-state index in [0.717, 1.165) is 14.0 Å². The van der Waals surface area contributed by atoms with Crippen molar-refractivity contribution in [3.63, 3.8) is 0 Å². The second-order valence-corrected chi connectivity index (χ2v) is 9.02. The fraction of sp³-hybridized carbons (Fsp3) is 0.115. The predicted octanol–water partition coefficient (Wildman–Crippen LogP) is 5.89. The van der Waals surface area contributed by atoms with Gasteiger partial charge in [0.1, 0.15) is 12.3 Å². The number of benzene rings is 3. The van der Waals surface area contributed by atoms with Crippen LogP contribution in [0.1, 0.15) is 23.6 Å². The van der Waals surface area contributed by atoms with Gasteiger partial charge in [0.25, 0.3) is 5.91 Å². The van der Waals surface area contributed by atoms with Gasteiger partial charge in [0, 0.05) is 10.6 Å². The minimum Gasteiger partial charge on any atom is -0.490 e. The maximum atomic E-state index is 12.9. The van der Waals surface area contributed by atoms with Crippen LogP contribution in [0.15, 0.2) is 66.4 Å². The zero-order chi connectivity index (χ0) is 24.9. The van der Waals surface area contributed by atoms with Gasteiger partial charge in [-0.3, -0.25) is 4.79 Å². The number of carbonyl (C=O) groups excluding carboxylic acids is 2. The van der Waals surface area contributed by atoms with Gasteiger partial charge >= 0.3 is 6.03 Å². The van der Waals surface area contributed by atoms with E-state index in [9.17, 15) is 14.9 Å². The number of carbonyl (C=O) groups is 2. The Bertz CT molecular complexity index is 1370. The number of anilines is 1. The molecule has 0 unspecified atom stereocenters. The molecule has 3 amide bonds. The summed E-state index contributed by atoms with van der Waals surface area (Å²) in [6.07, 6.45) is 1.59. The number of hydrogen-bond acceptors (Lipinski definition) is 5. The number of nitriles is 1. The van der Waals surface area contributed by atoms with Crippen molar-refractivity contribution in [2.75, 3.05) is 11.5 Å². The molecule has 3 aromatic carbocycles. The summed E-state index contributed by atoms with van der Waals surface area (Å²) in [5.74, 6) is 0.553. The van der Waals surface area contributed by atoms with E-state index in [-0.39, 0.29) is 12.3 Å². The molecule has 176 valence electrons. The van der Waals surface area contributed by atoms with E-state index in [0.29, 0.717) is 39.9 Å². The number of rotatable bonds is 7. The zero-order valence-corrected chi connectivity index (χ0v) is 21.5. The Morgan fingerprint density at radius 3 is 2.57 bits per heavy atom. The van der Waals surface area contributed by atoms with Gasteiger partial charge in [0.05, 0.1) is 27.5 Å². The van der Waals surface area contributed by atoms with Crippen LogP contribution in [-0.4, -0.2) is 18.5 Å². The number of amides is 3. The first-order valence-electron chi connectivity index (χ1n) is 10.6. The van der Waals surface area contributed by atoms with Crippen molar-refractivity contribution >= 4 is 57.9 Å². The lowest BCUT2D eigenvalue weighted by Crippen LogP contribution is -2.30. The van der Waals surface area contributed by atoms with E-state index in [1.807, 2.05) is 25.1 Å². The summed E-state index contributed by atoms with van der Waals surface area (Å²) in [5.41, 5.74) is 2.53. The lowest BCUT2D eigenvalue weighted by atomic mass is 10.1. The third-order valence-corrected chi connectivity index (χ3v) is 6.17. The van der Waals surface area contributed by atoms with Gasteiger partial charge in [-0.1, -0.05) is 29.8 Å². The topological polar surface area (TPSA) is 91.7 Å². The Kier molecular flexibility index (Phi) is 7.58. The Labute approximate surface area is 221 Å². The molecule has 1 fully saturated rings. The first-order chi connectivity index (χ1) is 16.9. The number of ether oxygens (including phenoxy) is 2. The second-order valence-electron chi connectivity index (χ2n) is 7.43. The van der Waals surface area contributed by atoms with E-state index in [4.69, 9.17) is 21.1 Å². The Balaban J connectivity index is 1.61. The molecule has 0 atom stereocenters. The molecule has 1 aliphatic heterocycles. The fourth-order valence-corrected chi connectivity index (χ4v) is 4.41. The van der Waals surface area contributed by atoms with Crippen molar-refractivity contribution in [3.8, 4) is 17.6 Å². The molecule has 4 rings (SSSR count). The fourth-order valence-electron chi connectivity index (χ4n) is 3.51. The summed E-state index contributed by atoms with van der Waals surface area (Å²) in [7, 11) is 0. The lowest BCUT2D eigenvalue weighted by molar-refractivity contribution is -0.113. The molecule has 0 saturated carbocycles. The smallest absolute Gasteiger partial charge is 0.333 e. The van der Waals surface area contributed by atoms with Crippen molar-refractivity contribution in [2.24, 2.45) is 0 Å². The quantitative estimate of drug-likeness (QED) is 0.208. The normalized spacial score (nSPS) is 14.1.